The van der Waals surface area contributed by atoms with Crippen molar-refractivity contribution < 1.29 is 19.2 Å². The number of aromatic nitrogens is 2. The van der Waals surface area contributed by atoms with Crippen LogP contribution in [0.3, 0.4) is 0 Å². The number of nitro groups is 1. The summed E-state index contributed by atoms with van der Waals surface area (Å²) in [6.45, 7) is 6.47. The summed E-state index contributed by atoms with van der Waals surface area (Å²) in [7, 11) is 2.11. The third-order valence-corrected chi connectivity index (χ3v) is 5.73. The van der Waals surface area contributed by atoms with Gasteiger partial charge in [0.25, 0.3) is 0 Å². The van der Waals surface area contributed by atoms with Crippen molar-refractivity contribution >= 4 is 11.6 Å². The van der Waals surface area contributed by atoms with Crippen LogP contribution in [-0.4, -0.2) is 65.0 Å². The van der Waals surface area contributed by atoms with E-state index >= 15 is 0 Å². The number of likely N-dealkylation sites (N-methyl/N-ethyl adjacent to an activating group) is 1. The van der Waals surface area contributed by atoms with Crippen molar-refractivity contribution in [2.75, 3.05) is 33.4 Å². The molecule has 1 aromatic carbocycles. The lowest BCUT2D eigenvalue weighted by molar-refractivity contribution is -0.386. The monoisotopic (exact) mass is 445 g/mol. The summed E-state index contributed by atoms with van der Waals surface area (Å²) < 4.78 is 12.7. The molecule has 1 aromatic heterocycles. The third-order valence-electron chi connectivity index (χ3n) is 5.73. The van der Waals surface area contributed by atoms with Crippen LogP contribution in [0, 0.1) is 24.0 Å². The molecule has 1 N–H and O–H groups in total. The molecule has 1 saturated heterocycles. The van der Waals surface area contributed by atoms with E-state index in [-0.39, 0.29) is 18.1 Å². The second kappa shape index (κ2) is 11.1. The smallest absolute Gasteiger partial charge is 0.312 e. The van der Waals surface area contributed by atoms with Gasteiger partial charge in [0, 0.05) is 32.3 Å². The Morgan fingerprint density at radius 3 is 2.81 bits per heavy atom. The fourth-order valence-electron chi connectivity index (χ4n) is 3.86. The third kappa shape index (κ3) is 6.27. The van der Waals surface area contributed by atoms with Gasteiger partial charge in [-0.05, 0) is 51.4 Å². The van der Waals surface area contributed by atoms with Gasteiger partial charge in [0.1, 0.15) is 30.3 Å². The minimum Gasteiger partial charge on any atom is -0.492 e. The number of ether oxygens (including phenoxy) is 2. The Balaban J connectivity index is 1.46. The van der Waals surface area contributed by atoms with Crippen molar-refractivity contribution in [2.45, 2.75) is 45.8 Å². The predicted octanol–water partition coefficient (Wildman–Crippen LogP) is 2.21. The summed E-state index contributed by atoms with van der Waals surface area (Å²) in [4.78, 5) is 25.3. The first kappa shape index (κ1) is 23.7. The molecule has 1 fully saturated rings. The van der Waals surface area contributed by atoms with Crippen molar-refractivity contribution in [3.8, 4) is 5.75 Å². The molecule has 10 nitrogen and oxygen atoms in total. The van der Waals surface area contributed by atoms with E-state index in [1.807, 2.05) is 24.3 Å². The molecular formula is C22H31N5O5. The van der Waals surface area contributed by atoms with Crippen molar-refractivity contribution in [3.05, 3.63) is 51.3 Å². The Labute approximate surface area is 187 Å². The number of carbonyl (C=O) groups excluding carboxylic acids is 1. The predicted molar refractivity (Wildman–Crippen MR) is 119 cm³/mol. The van der Waals surface area contributed by atoms with E-state index in [2.05, 4.69) is 22.4 Å². The molecule has 0 unspecified atom stereocenters. The summed E-state index contributed by atoms with van der Waals surface area (Å²) >= 11 is 0. The first-order valence-electron chi connectivity index (χ1n) is 10.8. The van der Waals surface area contributed by atoms with Crippen molar-refractivity contribution in [1.82, 2.24) is 20.0 Å². The summed E-state index contributed by atoms with van der Waals surface area (Å²) in [5.74, 6) is 0.487. The van der Waals surface area contributed by atoms with Crippen LogP contribution in [0.4, 0.5) is 5.69 Å². The molecule has 2 heterocycles. The number of amides is 1. The molecule has 1 amide bonds. The van der Waals surface area contributed by atoms with Gasteiger partial charge in [-0.15, -0.1) is 0 Å². The highest BCUT2D eigenvalue weighted by molar-refractivity contribution is 5.75. The summed E-state index contributed by atoms with van der Waals surface area (Å²) in [5.41, 5.74) is 1.52. The van der Waals surface area contributed by atoms with Gasteiger partial charge in [-0.25, -0.2) is 0 Å². The van der Waals surface area contributed by atoms with Crippen LogP contribution in [-0.2, 0) is 22.6 Å². The maximum Gasteiger partial charge on any atom is 0.312 e. The fourth-order valence-corrected chi connectivity index (χ4v) is 3.86. The van der Waals surface area contributed by atoms with E-state index in [0.717, 1.165) is 43.9 Å². The van der Waals surface area contributed by atoms with Crippen LogP contribution in [0.15, 0.2) is 24.3 Å². The molecule has 0 saturated carbocycles. The highest BCUT2D eigenvalue weighted by atomic mass is 16.6. The highest BCUT2D eigenvalue weighted by Crippen LogP contribution is 2.21. The number of rotatable bonds is 10. The number of carbonyl (C=O) groups is 1. The average Bonchev–Trinajstić information content (AvgIpc) is 3.06. The lowest BCUT2D eigenvalue weighted by Gasteiger charge is -2.31. The van der Waals surface area contributed by atoms with E-state index in [4.69, 9.17) is 9.47 Å². The van der Waals surface area contributed by atoms with E-state index in [9.17, 15) is 14.9 Å². The summed E-state index contributed by atoms with van der Waals surface area (Å²) in [6.07, 6.45) is 2.10. The van der Waals surface area contributed by atoms with Crippen LogP contribution in [0.1, 0.15) is 29.8 Å². The first-order valence-corrected chi connectivity index (χ1v) is 10.8. The maximum atomic E-state index is 12.3. The van der Waals surface area contributed by atoms with Gasteiger partial charge in [0.2, 0.25) is 5.91 Å². The SMILES string of the molecule is Cc1nn(CC(=O)NCc2cccc(OCCN(C)C3CCOCC3)c2)c(C)c1[N+](=O)[O-]. The van der Waals surface area contributed by atoms with Gasteiger partial charge in [0.05, 0.1) is 4.92 Å². The molecule has 0 atom stereocenters. The molecular weight excluding hydrogens is 414 g/mol. The molecule has 1 aliphatic heterocycles. The summed E-state index contributed by atoms with van der Waals surface area (Å²) in [5, 5.41) is 18.0. The molecule has 0 bridgehead atoms. The topological polar surface area (TPSA) is 112 Å². The number of aryl methyl sites for hydroxylation is 1. The zero-order valence-electron chi connectivity index (χ0n) is 18.9. The van der Waals surface area contributed by atoms with Gasteiger partial charge in [-0.3, -0.25) is 24.5 Å². The number of nitrogens with one attached hydrogen (secondary N) is 1. The normalized spacial score (nSPS) is 14.5. The van der Waals surface area contributed by atoms with E-state index in [0.29, 0.717) is 30.6 Å². The van der Waals surface area contributed by atoms with Gasteiger partial charge in [-0.1, -0.05) is 12.1 Å². The average molecular weight is 446 g/mol. The molecule has 10 heteroatoms. The van der Waals surface area contributed by atoms with Crippen LogP contribution >= 0.6 is 0 Å². The number of hydrogen-bond acceptors (Lipinski definition) is 7. The fraction of sp³-hybridized carbons (Fsp3) is 0.545. The minimum atomic E-state index is -0.473. The standard InChI is InChI=1S/C22H31N5O5/c1-16-22(27(29)30)17(2)26(24-16)15-21(28)23-14-18-5-4-6-20(13-18)32-12-9-25(3)19-7-10-31-11-8-19/h4-6,13,19H,7-12,14-15H2,1-3H3,(H,23,28). The minimum absolute atomic E-state index is 0.0508. The highest BCUT2D eigenvalue weighted by Gasteiger charge is 2.22. The molecule has 3 rings (SSSR count). The van der Waals surface area contributed by atoms with Crippen molar-refractivity contribution in [3.63, 3.8) is 0 Å². The molecule has 2 aromatic rings. The van der Waals surface area contributed by atoms with Crippen molar-refractivity contribution in [1.29, 1.82) is 0 Å². The number of hydrogen-bond donors (Lipinski definition) is 1. The Kier molecular flexibility index (Phi) is 8.18. The maximum absolute atomic E-state index is 12.3. The second-order valence-corrected chi connectivity index (χ2v) is 8.03. The Hall–Kier alpha value is -2.98. The molecule has 0 radical (unpaired) electrons. The molecule has 0 aliphatic carbocycles. The van der Waals surface area contributed by atoms with Gasteiger partial charge < -0.3 is 14.8 Å². The quantitative estimate of drug-likeness (QED) is 0.441. The lowest BCUT2D eigenvalue weighted by atomic mass is 10.1. The lowest BCUT2D eigenvalue weighted by Crippen LogP contribution is -2.38. The van der Waals surface area contributed by atoms with Gasteiger partial charge in [-0.2, -0.15) is 5.10 Å². The largest absolute Gasteiger partial charge is 0.492 e. The molecule has 0 spiro atoms. The van der Waals surface area contributed by atoms with E-state index in [1.54, 1.807) is 13.8 Å². The van der Waals surface area contributed by atoms with E-state index in [1.165, 1.54) is 4.68 Å². The van der Waals surface area contributed by atoms with Gasteiger partial charge in [0.15, 0.2) is 0 Å². The Morgan fingerprint density at radius 1 is 1.38 bits per heavy atom. The Bertz CT molecular complexity index is 939. The zero-order valence-corrected chi connectivity index (χ0v) is 18.9. The second-order valence-electron chi connectivity index (χ2n) is 8.03. The molecule has 1 aliphatic rings. The van der Waals surface area contributed by atoms with Gasteiger partial charge >= 0.3 is 5.69 Å². The number of benzene rings is 1. The van der Waals surface area contributed by atoms with Crippen LogP contribution in [0.5, 0.6) is 5.75 Å². The molecule has 174 valence electrons. The summed E-state index contributed by atoms with van der Waals surface area (Å²) in [6, 6.07) is 8.15. The van der Waals surface area contributed by atoms with Crippen LogP contribution < -0.4 is 10.1 Å². The number of nitrogens with zero attached hydrogens (tertiary/aromatic N) is 4. The Morgan fingerprint density at radius 2 is 2.12 bits per heavy atom. The van der Waals surface area contributed by atoms with E-state index < -0.39 is 4.92 Å². The van der Waals surface area contributed by atoms with Crippen LogP contribution in [0.2, 0.25) is 0 Å². The molecule has 32 heavy (non-hydrogen) atoms. The first-order chi connectivity index (χ1) is 15.3. The van der Waals surface area contributed by atoms with Crippen LogP contribution in [0.25, 0.3) is 0 Å². The zero-order chi connectivity index (χ0) is 23.1. The van der Waals surface area contributed by atoms with Crippen molar-refractivity contribution in [2.24, 2.45) is 0 Å².